The first-order valence-electron chi connectivity index (χ1n) is 6.97. The van der Waals surface area contributed by atoms with Crippen LogP contribution in [0, 0.1) is 0 Å². The van der Waals surface area contributed by atoms with E-state index in [4.69, 9.17) is 0 Å². The molecule has 1 aliphatic rings. The molecule has 7 heteroatoms. The standard InChI is InChI=1S/C15H17BrN4O.ClH/c1-11-8-17-6-7-19(11)15(21)12-9-18-20(10-12)14-4-2-13(16)3-5-14;/h2-5,9-11,17H,6-8H2,1H3;1H. The highest BCUT2D eigenvalue weighted by molar-refractivity contribution is 9.10. The summed E-state index contributed by atoms with van der Waals surface area (Å²) in [7, 11) is 0. The third kappa shape index (κ3) is 3.51. The summed E-state index contributed by atoms with van der Waals surface area (Å²) in [5, 5.41) is 7.58. The molecule has 0 spiro atoms. The number of halogens is 2. The summed E-state index contributed by atoms with van der Waals surface area (Å²) in [6.45, 7) is 4.48. The largest absolute Gasteiger partial charge is 0.333 e. The molecule has 118 valence electrons. The van der Waals surface area contributed by atoms with Crippen molar-refractivity contribution in [2.24, 2.45) is 0 Å². The predicted molar refractivity (Wildman–Crippen MR) is 91.9 cm³/mol. The van der Waals surface area contributed by atoms with Crippen LogP contribution in [0.5, 0.6) is 0 Å². The molecular weight excluding hydrogens is 368 g/mol. The fourth-order valence-corrected chi connectivity index (χ4v) is 2.74. The summed E-state index contributed by atoms with van der Waals surface area (Å²) < 4.78 is 2.75. The van der Waals surface area contributed by atoms with E-state index in [-0.39, 0.29) is 24.4 Å². The van der Waals surface area contributed by atoms with Gasteiger partial charge >= 0.3 is 0 Å². The van der Waals surface area contributed by atoms with Crippen LogP contribution in [0.2, 0.25) is 0 Å². The maximum atomic E-state index is 12.5. The molecule has 3 rings (SSSR count). The second-order valence-electron chi connectivity index (χ2n) is 5.20. The molecule has 1 atom stereocenters. The summed E-state index contributed by atoms with van der Waals surface area (Å²) in [6, 6.07) is 8.04. The lowest BCUT2D eigenvalue weighted by atomic mass is 10.2. The average molecular weight is 386 g/mol. The summed E-state index contributed by atoms with van der Waals surface area (Å²) in [6.07, 6.45) is 3.43. The lowest BCUT2D eigenvalue weighted by molar-refractivity contribution is 0.0656. The molecule has 1 saturated heterocycles. The molecule has 0 saturated carbocycles. The molecule has 22 heavy (non-hydrogen) atoms. The van der Waals surface area contributed by atoms with E-state index in [1.165, 1.54) is 0 Å². The highest BCUT2D eigenvalue weighted by Gasteiger charge is 2.24. The Kier molecular flexibility index (Phi) is 5.61. The third-order valence-corrected chi connectivity index (χ3v) is 4.21. The Balaban J connectivity index is 0.00000176. The maximum Gasteiger partial charge on any atom is 0.257 e. The number of amides is 1. The molecular formula is C15H18BrClN4O. The first kappa shape index (κ1) is 17.0. The van der Waals surface area contributed by atoms with Crippen LogP contribution in [0.4, 0.5) is 0 Å². The van der Waals surface area contributed by atoms with Crippen molar-refractivity contribution in [3.05, 3.63) is 46.7 Å². The molecule has 0 radical (unpaired) electrons. The summed E-state index contributed by atoms with van der Waals surface area (Å²) in [5.41, 5.74) is 1.57. The molecule has 1 N–H and O–H groups in total. The van der Waals surface area contributed by atoms with Gasteiger partial charge in [0.25, 0.3) is 5.91 Å². The topological polar surface area (TPSA) is 50.2 Å². The van der Waals surface area contributed by atoms with Crippen molar-refractivity contribution >= 4 is 34.2 Å². The Labute approximate surface area is 144 Å². The van der Waals surface area contributed by atoms with E-state index >= 15 is 0 Å². The number of piperazine rings is 1. The van der Waals surface area contributed by atoms with Crippen LogP contribution >= 0.6 is 28.3 Å². The number of nitrogens with zero attached hydrogens (tertiary/aromatic N) is 3. The number of carbonyl (C=O) groups is 1. The van der Waals surface area contributed by atoms with Crippen LogP contribution in [-0.2, 0) is 0 Å². The van der Waals surface area contributed by atoms with Gasteiger partial charge in [0.15, 0.2) is 0 Å². The Morgan fingerprint density at radius 1 is 1.36 bits per heavy atom. The van der Waals surface area contributed by atoms with Crippen LogP contribution in [-0.4, -0.2) is 46.3 Å². The predicted octanol–water partition coefficient (Wildman–Crippen LogP) is 2.49. The highest BCUT2D eigenvalue weighted by atomic mass is 79.9. The van der Waals surface area contributed by atoms with E-state index in [2.05, 4.69) is 33.3 Å². The Morgan fingerprint density at radius 3 is 2.77 bits per heavy atom. The number of hydrogen-bond donors (Lipinski definition) is 1. The Hall–Kier alpha value is -1.37. The minimum absolute atomic E-state index is 0. The molecule has 0 aliphatic carbocycles. The summed E-state index contributed by atoms with van der Waals surface area (Å²) >= 11 is 3.41. The number of aromatic nitrogens is 2. The van der Waals surface area contributed by atoms with E-state index in [1.54, 1.807) is 17.1 Å². The van der Waals surface area contributed by atoms with Gasteiger partial charge in [-0.1, -0.05) is 15.9 Å². The molecule has 0 bridgehead atoms. The SMILES string of the molecule is CC1CNCCN1C(=O)c1cnn(-c2ccc(Br)cc2)c1.Cl. The highest BCUT2D eigenvalue weighted by Crippen LogP contribution is 2.15. The molecule has 1 aliphatic heterocycles. The van der Waals surface area contributed by atoms with E-state index in [0.29, 0.717) is 5.56 Å². The minimum Gasteiger partial charge on any atom is -0.333 e. The van der Waals surface area contributed by atoms with Crippen LogP contribution in [0.1, 0.15) is 17.3 Å². The lowest BCUT2D eigenvalue weighted by Crippen LogP contribution is -2.52. The van der Waals surface area contributed by atoms with Gasteiger partial charge in [-0.15, -0.1) is 12.4 Å². The molecule has 1 fully saturated rings. The number of benzene rings is 1. The number of hydrogen-bond acceptors (Lipinski definition) is 3. The van der Waals surface area contributed by atoms with Gasteiger partial charge in [0, 0.05) is 36.3 Å². The van der Waals surface area contributed by atoms with Crippen LogP contribution in [0.3, 0.4) is 0 Å². The van der Waals surface area contributed by atoms with E-state index in [9.17, 15) is 4.79 Å². The summed E-state index contributed by atoms with van der Waals surface area (Å²) in [4.78, 5) is 14.4. The van der Waals surface area contributed by atoms with Crippen molar-refractivity contribution in [2.45, 2.75) is 13.0 Å². The van der Waals surface area contributed by atoms with Crippen molar-refractivity contribution in [3.63, 3.8) is 0 Å². The van der Waals surface area contributed by atoms with Crippen molar-refractivity contribution in [1.82, 2.24) is 20.0 Å². The maximum absolute atomic E-state index is 12.5. The number of nitrogens with one attached hydrogen (secondary N) is 1. The normalized spacial score (nSPS) is 17.9. The zero-order valence-electron chi connectivity index (χ0n) is 12.2. The van der Waals surface area contributed by atoms with Crippen molar-refractivity contribution in [2.75, 3.05) is 19.6 Å². The van der Waals surface area contributed by atoms with Crippen molar-refractivity contribution in [3.8, 4) is 5.69 Å². The van der Waals surface area contributed by atoms with Gasteiger partial charge in [-0.2, -0.15) is 5.10 Å². The average Bonchev–Trinajstić information content (AvgIpc) is 2.98. The van der Waals surface area contributed by atoms with Gasteiger partial charge in [0.1, 0.15) is 0 Å². The van der Waals surface area contributed by atoms with E-state index in [0.717, 1.165) is 29.8 Å². The first-order valence-corrected chi connectivity index (χ1v) is 7.77. The fourth-order valence-electron chi connectivity index (χ4n) is 2.48. The smallest absolute Gasteiger partial charge is 0.257 e. The van der Waals surface area contributed by atoms with Gasteiger partial charge < -0.3 is 10.2 Å². The Morgan fingerprint density at radius 2 is 2.09 bits per heavy atom. The number of rotatable bonds is 2. The molecule has 1 amide bonds. The van der Waals surface area contributed by atoms with Gasteiger partial charge in [-0.05, 0) is 31.2 Å². The first-order chi connectivity index (χ1) is 10.1. The van der Waals surface area contributed by atoms with Gasteiger partial charge in [0.2, 0.25) is 0 Å². The van der Waals surface area contributed by atoms with Gasteiger partial charge in [-0.3, -0.25) is 4.79 Å². The lowest BCUT2D eigenvalue weighted by Gasteiger charge is -2.33. The zero-order valence-corrected chi connectivity index (χ0v) is 14.6. The van der Waals surface area contributed by atoms with Crippen LogP contribution in [0.15, 0.2) is 41.1 Å². The van der Waals surface area contributed by atoms with Crippen molar-refractivity contribution < 1.29 is 4.79 Å². The zero-order chi connectivity index (χ0) is 14.8. The van der Waals surface area contributed by atoms with Crippen LogP contribution in [0.25, 0.3) is 5.69 Å². The molecule has 1 unspecified atom stereocenters. The van der Waals surface area contributed by atoms with Crippen molar-refractivity contribution in [1.29, 1.82) is 0 Å². The monoisotopic (exact) mass is 384 g/mol. The van der Waals surface area contributed by atoms with Gasteiger partial charge in [-0.25, -0.2) is 4.68 Å². The molecule has 5 nitrogen and oxygen atoms in total. The van der Waals surface area contributed by atoms with E-state index in [1.807, 2.05) is 29.2 Å². The van der Waals surface area contributed by atoms with E-state index < -0.39 is 0 Å². The minimum atomic E-state index is 0. The summed E-state index contributed by atoms with van der Waals surface area (Å²) in [5.74, 6) is 0.0485. The second kappa shape index (κ2) is 7.26. The third-order valence-electron chi connectivity index (χ3n) is 3.68. The quantitative estimate of drug-likeness (QED) is 0.864. The molecule has 2 aromatic rings. The molecule has 1 aromatic heterocycles. The van der Waals surface area contributed by atoms with Gasteiger partial charge in [0.05, 0.1) is 17.4 Å². The molecule has 1 aromatic carbocycles. The second-order valence-corrected chi connectivity index (χ2v) is 6.12. The molecule has 2 heterocycles. The Bertz CT molecular complexity index is 643. The van der Waals surface area contributed by atoms with Crippen LogP contribution < -0.4 is 5.32 Å². The number of carbonyl (C=O) groups excluding carboxylic acids is 1. The fraction of sp³-hybridized carbons (Fsp3) is 0.333.